The topological polar surface area (TPSA) is 87.9 Å². The predicted octanol–water partition coefficient (Wildman–Crippen LogP) is 3.31. The van der Waals surface area contributed by atoms with E-state index in [2.05, 4.69) is 20.9 Å². The highest BCUT2D eigenvalue weighted by atomic mass is 127. The highest BCUT2D eigenvalue weighted by molar-refractivity contribution is 14.0. The lowest BCUT2D eigenvalue weighted by atomic mass is 10.1. The van der Waals surface area contributed by atoms with Gasteiger partial charge in [0.2, 0.25) is 0 Å². The summed E-state index contributed by atoms with van der Waals surface area (Å²) >= 11 is 0. The third-order valence-electron chi connectivity index (χ3n) is 3.90. The molecule has 0 aliphatic carbocycles. The number of ether oxygens (including phenoxy) is 1. The number of amides is 1. The van der Waals surface area contributed by atoms with Gasteiger partial charge in [0.1, 0.15) is 12.4 Å². The molecule has 160 valence electrons. The van der Waals surface area contributed by atoms with E-state index in [0.29, 0.717) is 31.9 Å². The van der Waals surface area contributed by atoms with E-state index in [9.17, 15) is 4.79 Å². The molecule has 0 aliphatic rings. The average molecular weight is 514 g/mol. The molecule has 0 fully saturated rings. The number of hydrogen-bond acceptors (Lipinski definition) is 4. The minimum Gasteiger partial charge on any atom is -0.467 e. The summed E-state index contributed by atoms with van der Waals surface area (Å²) in [4.78, 5) is 16.4. The molecule has 0 radical (unpaired) electrons. The lowest BCUT2D eigenvalue weighted by molar-refractivity contribution is 0.0956. The summed E-state index contributed by atoms with van der Waals surface area (Å²) in [6, 6.07) is 11.3. The van der Waals surface area contributed by atoms with Crippen LogP contribution in [0.2, 0.25) is 0 Å². The third-order valence-corrected chi connectivity index (χ3v) is 3.90. The maximum absolute atomic E-state index is 11.8. The Hall–Kier alpha value is -2.07. The zero-order valence-electron chi connectivity index (χ0n) is 17.1. The minimum atomic E-state index is -0.0539. The fourth-order valence-corrected chi connectivity index (χ4v) is 2.48. The van der Waals surface area contributed by atoms with Crippen LogP contribution >= 0.6 is 24.0 Å². The Kier molecular flexibility index (Phi) is 12.8. The molecule has 2 rings (SSSR count). The second-order valence-corrected chi connectivity index (χ2v) is 6.16. The first-order valence-corrected chi connectivity index (χ1v) is 9.72. The summed E-state index contributed by atoms with van der Waals surface area (Å²) in [6.07, 6.45) is 2.51. The molecule has 0 bridgehead atoms. The standard InChI is InChI=1S/C21H30N4O3.HI/c1-3-22-20(26)18-10-8-17(9-11-18)15-25-21(23-4-2)24-12-6-13-27-16-19-7-5-14-28-19;/h5,7-11,14H,3-4,6,12-13,15-16H2,1-2H3,(H,22,26)(H2,23,24,25);1H. The van der Waals surface area contributed by atoms with Crippen LogP contribution in [-0.4, -0.2) is 38.1 Å². The van der Waals surface area contributed by atoms with Gasteiger partial charge < -0.3 is 25.1 Å². The second kappa shape index (κ2) is 14.9. The van der Waals surface area contributed by atoms with Crippen molar-refractivity contribution in [2.45, 2.75) is 33.4 Å². The largest absolute Gasteiger partial charge is 0.467 e. The summed E-state index contributed by atoms with van der Waals surface area (Å²) < 4.78 is 10.8. The van der Waals surface area contributed by atoms with Crippen molar-refractivity contribution in [2.75, 3.05) is 26.2 Å². The van der Waals surface area contributed by atoms with Gasteiger partial charge in [-0.15, -0.1) is 24.0 Å². The number of guanidine groups is 1. The molecule has 7 nitrogen and oxygen atoms in total. The molecule has 1 amide bonds. The smallest absolute Gasteiger partial charge is 0.251 e. The van der Waals surface area contributed by atoms with Crippen LogP contribution in [0.5, 0.6) is 0 Å². The first-order chi connectivity index (χ1) is 13.7. The van der Waals surface area contributed by atoms with E-state index in [4.69, 9.17) is 9.15 Å². The van der Waals surface area contributed by atoms with Crippen LogP contribution in [0.25, 0.3) is 0 Å². The molecule has 8 heteroatoms. The van der Waals surface area contributed by atoms with Crippen molar-refractivity contribution in [3.8, 4) is 0 Å². The summed E-state index contributed by atoms with van der Waals surface area (Å²) in [5.74, 6) is 1.55. The summed E-state index contributed by atoms with van der Waals surface area (Å²) in [5, 5.41) is 9.33. The molecule has 0 saturated heterocycles. The number of benzene rings is 1. The van der Waals surface area contributed by atoms with Gasteiger partial charge in [0.15, 0.2) is 5.96 Å². The Morgan fingerprint density at radius 2 is 1.83 bits per heavy atom. The van der Waals surface area contributed by atoms with Gasteiger partial charge >= 0.3 is 0 Å². The molecule has 0 atom stereocenters. The van der Waals surface area contributed by atoms with E-state index in [1.54, 1.807) is 6.26 Å². The Morgan fingerprint density at radius 3 is 2.48 bits per heavy atom. The number of nitrogens with one attached hydrogen (secondary N) is 3. The number of carbonyl (C=O) groups excluding carboxylic acids is 1. The van der Waals surface area contributed by atoms with Crippen molar-refractivity contribution in [1.82, 2.24) is 16.0 Å². The van der Waals surface area contributed by atoms with Gasteiger partial charge in [-0.25, -0.2) is 4.99 Å². The van der Waals surface area contributed by atoms with Gasteiger partial charge in [0.05, 0.1) is 12.8 Å². The maximum Gasteiger partial charge on any atom is 0.251 e. The second-order valence-electron chi connectivity index (χ2n) is 6.16. The monoisotopic (exact) mass is 514 g/mol. The molecule has 2 aromatic rings. The predicted molar refractivity (Wildman–Crippen MR) is 126 cm³/mol. The summed E-state index contributed by atoms with van der Waals surface area (Å²) in [6.45, 7) is 7.79. The Bertz CT molecular complexity index is 718. The Morgan fingerprint density at radius 1 is 1.07 bits per heavy atom. The van der Waals surface area contributed by atoms with Gasteiger partial charge in [-0.1, -0.05) is 12.1 Å². The Labute approximate surface area is 189 Å². The van der Waals surface area contributed by atoms with Crippen molar-refractivity contribution in [2.24, 2.45) is 4.99 Å². The molecule has 3 N–H and O–H groups in total. The van der Waals surface area contributed by atoms with Gasteiger partial charge in [0, 0.05) is 31.8 Å². The molecule has 1 heterocycles. The van der Waals surface area contributed by atoms with Gasteiger partial charge in [0.25, 0.3) is 5.91 Å². The summed E-state index contributed by atoms with van der Waals surface area (Å²) in [7, 11) is 0. The lowest BCUT2D eigenvalue weighted by Crippen LogP contribution is -2.38. The van der Waals surface area contributed by atoms with E-state index in [1.165, 1.54) is 0 Å². The maximum atomic E-state index is 11.8. The van der Waals surface area contributed by atoms with Crippen molar-refractivity contribution >= 4 is 35.8 Å². The zero-order valence-corrected chi connectivity index (χ0v) is 19.4. The minimum absolute atomic E-state index is 0. The summed E-state index contributed by atoms with van der Waals surface area (Å²) in [5.41, 5.74) is 1.71. The molecule has 0 spiro atoms. The SMILES string of the molecule is CCNC(=O)c1ccc(CN=C(NCC)NCCCOCc2ccco2)cc1.I. The number of hydrogen-bond donors (Lipinski definition) is 3. The number of rotatable bonds is 11. The van der Waals surface area contributed by atoms with Crippen LogP contribution < -0.4 is 16.0 Å². The van der Waals surface area contributed by atoms with Gasteiger partial charge in [-0.3, -0.25) is 4.79 Å². The number of furan rings is 1. The highest BCUT2D eigenvalue weighted by Gasteiger charge is 2.04. The number of nitrogens with zero attached hydrogens (tertiary/aromatic N) is 1. The number of carbonyl (C=O) groups is 1. The normalized spacial score (nSPS) is 10.9. The first-order valence-electron chi connectivity index (χ1n) is 9.72. The van der Waals surface area contributed by atoms with E-state index < -0.39 is 0 Å². The van der Waals surface area contributed by atoms with Crippen molar-refractivity contribution in [1.29, 1.82) is 0 Å². The number of aliphatic imine (C=N–C) groups is 1. The Balaban J connectivity index is 0.00000420. The highest BCUT2D eigenvalue weighted by Crippen LogP contribution is 2.06. The fraction of sp³-hybridized carbons (Fsp3) is 0.429. The molecule has 1 aromatic carbocycles. The molecular weight excluding hydrogens is 483 g/mol. The molecule has 0 saturated carbocycles. The van der Waals surface area contributed by atoms with Crippen LogP contribution in [-0.2, 0) is 17.9 Å². The van der Waals surface area contributed by atoms with Gasteiger partial charge in [-0.2, -0.15) is 0 Å². The number of halogens is 1. The quantitative estimate of drug-likeness (QED) is 0.185. The van der Waals surface area contributed by atoms with E-state index in [0.717, 1.165) is 36.8 Å². The average Bonchev–Trinajstić information content (AvgIpc) is 3.22. The fourth-order valence-electron chi connectivity index (χ4n) is 2.48. The van der Waals surface area contributed by atoms with Gasteiger partial charge in [-0.05, 0) is 50.1 Å². The molecular formula is C21H31IN4O3. The molecule has 0 unspecified atom stereocenters. The van der Waals surface area contributed by atoms with Crippen LogP contribution in [0.4, 0.5) is 0 Å². The first kappa shape index (κ1) is 25.0. The van der Waals surface area contributed by atoms with E-state index in [1.807, 2.05) is 50.2 Å². The third kappa shape index (κ3) is 9.80. The zero-order chi connectivity index (χ0) is 20.0. The molecule has 1 aromatic heterocycles. The van der Waals surface area contributed by atoms with Crippen molar-refractivity contribution < 1.29 is 13.9 Å². The molecule has 0 aliphatic heterocycles. The van der Waals surface area contributed by atoms with Crippen molar-refractivity contribution in [3.63, 3.8) is 0 Å². The van der Waals surface area contributed by atoms with Crippen LogP contribution in [0.1, 0.15) is 41.9 Å². The van der Waals surface area contributed by atoms with Crippen LogP contribution in [0, 0.1) is 0 Å². The van der Waals surface area contributed by atoms with Crippen molar-refractivity contribution in [3.05, 3.63) is 59.5 Å². The lowest BCUT2D eigenvalue weighted by Gasteiger charge is -2.11. The van der Waals surface area contributed by atoms with Crippen LogP contribution in [0.3, 0.4) is 0 Å². The molecule has 29 heavy (non-hydrogen) atoms. The van der Waals surface area contributed by atoms with Crippen LogP contribution in [0.15, 0.2) is 52.1 Å². The van der Waals surface area contributed by atoms with E-state index >= 15 is 0 Å². The van der Waals surface area contributed by atoms with E-state index in [-0.39, 0.29) is 29.9 Å².